The Bertz CT molecular complexity index is 1220. The summed E-state index contributed by atoms with van der Waals surface area (Å²) in [6, 6.07) is 7.83. The molecular weight excluding hydrogens is 506 g/mol. The minimum atomic E-state index is -0.632. The Kier molecular flexibility index (Phi) is 7.72. The van der Waals surface area contributed by atoms with Gasteiger partial charge in [0, 0.05) is 32.2 Å². The van der Waals surface area contributed by atoms with Crippen LogP contribution >= 0.6 is 22.9 Å². The second-order valence-electron chi connectivity index (χ2n) is 8.86. The van der Waals surface area contributed by atoms with Gasteiger partial charge in [0.05, 0.1) is 32.6 Å². The molecule has 3 heterocycles. The number of nitrogens with one attached hydrogen (secondary N) is 2. The smallest absolute Gasteiger partial charge is 0.265 e. The Hall–Kier alpha value is -3.28. The molecule has 0 atom stereocenters. The van der Waals surface area contributed by atoms with E-state index >= 15 is 0 Å². The molecule has 0 aliphatic carbocycles. The number of anilines is 1. The molecule has 0 saturated carbocycles. The molecule has 2 aliphatic rings. The van der Waals surface area contributed by atoms with Crippen molar-refractivity contribution in [1.82, 2.24) is 20.0 Å². The Morgan fingerprint density at radius 1 is 1.00 bits per heavy atom. The van der Waals surface area contributed by atoms with Crippen LogP contribution in [0.4, 0.5) is 5.69 Å². The van der Waals surface area contributed by atoms with Crippen molar-refractivity contribution in [3.8, 4) is 0 Å². The highest BCUT2D eigenvalue weighted by molar-refractivity contribution is 7.18. The fourth-order valence-electron chi connectivity index (χ4n) is 4.16. The number of nitrogens with zero attached hydrogens (tertiary/aromatic N) is 3. The number of benzene rings is 1. The van der Waals surface area contributed by atoms with E-state index in [1.165, 1.54) is 12.1 Å². The zero-order valence-electron chi connectivity index (χ0n) is 19.9. The van der Waals surface area contributed by atoms with Gasteiger partial charge in [-0.15, -0.1) is 11.3 Å². The first-order chi connectivity index (χ1) is 17.1. The minimum absolute atomic E-state index is 0.0584. The lowest BCUT2D eigenvalue weighted by Gasteiger charge is -2.35. The number of rotatable bonds is 7. The van der Waals surface area contributed by atoms with Gasteiger partial charge in [0.2, 0.25) is 11.8 Å². The number of hydrogen-bond acceptors (Lipinski definition) is 7. The fraction of sp³-hybridized carbons (Fsp3) is 0.375. The predicted octanol–water partition coefficient (Wildman–Crippen LogP) is 1.92. The number of imide groups is 1. The number of carbonyl (C=O) groups excluding carboxylic acids is 5. The van der Waals surface area contributed by atoms with Crippen LogP contribution in [0.15, 0.2) is 30.3 Å². The minimum Gasteiger partial charge on any atom is -0.353 e. The maximum Gasteiger partial charge on any atom is 0.265 e. The molecule has 1 aromatic heterocycles. The number of thiophene rings is 1. The van der Waals surface area contributed by atoms with Gasteiger partial charge in [-0.3, -0.25) is 33.8 Å². The molecule has 12 heteroatoms. The average molecular weight is 532 g/mol. The summed E-state index contributed by atoms with van der Waals surface area (Å²) in [6.07, 6.45) is 0. The van der Waals surface area contributed by atoms with Gasteiger partial charge in [0.25, 0.3) is 17.7 Å². The molecule has 1 fully saturated rings. The van der Waals surface area contributed by atoms with Crippen molar-refractivity contribution in [2.75, 3.05) is 44.6 Å². The summed E-state index contributed by atoms with van der Waals surface area (Å²) in [6.45, 7) is 5.46. The van der Waals surface area contributed by atoms with E-state index < -0.39 is 24.3 Å². The molecule has 2 aliphatic heterocycles. The van der Waals surface area contributed by atoms with E-state index in [-0.39, 0.29) is 41.2 Å². The van der Waals surface area contributed by atoms with Crippen molar-refractivity contribution < 1.29 is 24.0 Å². The molecule has 0 spiro atoms. The van der Waals surface area contributed by atoms with E-state index in [0.29, 0.717) is 35.4 Å². The molecule has 0 unspecified atom stereocenters. The predicted molar refractivity (Wildman–Crippen MR) is 135 cm³/mol. The lowest BCUT2D eigenvalue weighted by atomic mass is 10.1. The van der Waals surface area contributed by atoms with Crippen LogP contribution in [0.1, 0.15) is 44.2 Å². The summed E-state index contributed by atoms with van der Waals surface area (Å²) < 4.78 is 0.453. The second-order valence-corrected chi connectivity index (χ2v) is 10.6. The molecule has 10 nitrogen and oxygen atoms in total. The van der Waals surface area contributed by atoms with Gasteiger partial charge in [-0.1, -0.05) is 17.7 Å². The summed E-state index contributed by atoms with van der Waals surface area (Å²) in [5.41, 5.74) is 0.395. The molecule has 0 radical (unpaired) electrons. The molecule has 2 N–H and O–H groups in total. The largest absolute Gasteiger partial charge is 0.353 e. The Balaban J connectivity index is 1.38. The van der Waals surface area contributed by atoms with Crippen LogP contribution in [0.3, 0.4) is 0 Å². The second kappa shape index (κ2) is 10.8. The highest BCUT2D eigenvalue weighted by atomic mass is 35.5. The third kappa shape index (κ3) is 5.58. The number of piperazine rings is 1. The SMILES string of the molecule is CC(C)NC(=O)CN1CCN(C(=O)CN2C(=O)c3cccc(NC(=O)c4ccc(Cl)s4)c3C2=O)CC1. The Labute approximate surface area is 217 Å². The normalized spacial score (nSPS) is 15.9. The van der Waals surface area contributed by atoms with Crippen molar-refractivity contribution in [1.29, 1.82) is 0 Å². The van der Waals surface area contributed by atoms with Gasteiger partial charge in [-0.2, -0.15) is 0 Å². The van der Waals surface area contributed by atoms with E-state index in [9.17, 15) is 24.0 Å². The summed E-state index contributed by atoms with van der Waals surface area (Å²) >= 11 is 7.00. The Morgan fingerprint density at radius 3 is 2.36 bits per heavy atom. The number of amides is 5. The average Bonchev–Trinajstić information content (AvgIpc) is 3.36. The van der Waals surface area contributed by atoms with Crippen molar-refractivity contribution in [2.24, 2.45) is 0 Å². The van der Waals surface area contributed by atoms with Gasteiger partial charge >= 0.3 is 0 Å². The fourth-order valence-corrected chi connectivity index (χ4v) is 5.10. The van der Waals surface area contributed by atoms with Gasteiger partial charge in [-0.25, -0.2) is 0 Å². The van der Waals surface area contributed by atoms with Crippen molar-refractivity contribution in [2.45, 2.75) is 19.9 Å². The molecule has 1 saturated heterocycles. The summed E-state index contributed by atoms with van der Waals surface area (Å²) in [7, 11) is 0. The summed E-state index contributed by atoms with van der Waals surface area (Å²) in [5, 5.41) is 5.51. The maximum atomic E-state index is 13.1. The summed E-state index contributed by atoms with van der Waals surface area (Å²) in [5.74, 6) is -2.08. The number of hydrogen-bond donors (Lipinski definition) is 2. The van der Waals surface area contributed by atoms with E-state index in [1.807, 2.05) is 18.7 Å². The monoisotopic (exact) mass is 531 g/mol. The molecule has 190 valence electrons. The first kappa shape index (κ1) is 25.8. The van der Waals surface area contributed by atoms with E-state index in [2.05, 4.69) is 10.6 Å². The Morgan fingerprint density at radius 2 is 1.72 bits per heavy atom. The highest BCUT2D eigenvalue weighted by Crippen LogP contribution is 2.30. The number of carbonyl (C=O) groups is 5. The third-order valence-electron chi connectivity index (χ3n) is 5.88. The molecule has 0 bridgehead atoms. The summed E-state index contributed by atoms with van der Waals surface area (Å²) in [4.78, 5) is 68.4. The number of halogens is 1. The lowest BCUT2D eigenvalue weighted by Crippen LogP contribution is -2.53. The number of fused-ring (bicyclic) bond motifs is 1. The van der Waals surface area contributed by atoms with Crippen molar-refractivity contribution in [3.05, 3.63) is 50.7 Å². The third-order valence-corrected chi connectivity index (χ3v) is 7.11. The lowest BCUT2D eigenvalue weighted by molar-refractivity contribution is -0.133. The van der Waals surface area contributed by atoms with Crippen LogP contribution in [0.25, 0.3) is 0 Å². The molecular formula is C24H26ClN5O5S. The zero-order valence-corrected chi connectivity index (χ0v) is 21.4. The molecule has 1 aromatic carbocycles. The van der Waals surface area contributed by atoms with Gasteiger partial charge < -0.3 is 15.5 Å². The molecule has 5 amide bonds. The van der Waals surface area contributed by atoms with Crippen LogP contribution in [0, 0.1) is 0 Å². The van der Waals surface area contributed by atoms with Crippen LogP contribution in [-0.4, -0.2) is 89.5 Å². The quantitative estimate of drug-likeness (QED) is 0.527. The van der Waals surface area contributed by atoms with Crippen LogP contribution in [0.2, 0.25) is 4.34 Å². The topological polar surface area (TPSA) is 119 Å². The van der Waals surface area contributed by atoms with Crippen LogP contribution in [-0.2, 0) is 9.59 Å². The zero-order chi connectivity index (χ0) is 26.0. The van der Waals surface area contributed by atoms with E-state index in [4.69, 9.17) is 11.6 Å². The van der Waals surface area contributed by atoms with Crippen LogP contribution < -0.4 is 10.6 Å². The molecule has 4 rings (SSSR count). The first-order valence-electron chi connectivity index (χ1n) is 11.5. The standard InChI is InChI=1S/C24H26ClN5O5S/c1-14(2)26-19(31)12-28-8-10-29(11-9-28)20(32)13-30-23(34)15-4-3-5-16(21(15)24(30)35)27-22(33)17-6-7-18(25)36-17/h3-7,14H,8-13H2,1-2H3,(H,26,31)(H,27,33). The van der Waals surface area contributed by atoms with E-state index in [0.717, 1.165) is 16.2 Å². The van der Waals surface area contributed by atoms with Gasteiger partial charge in [0.15, 0.2) is 0 Å². The highest BCUT2D eigenvalue weighted by Gasteiger charge is 2.39. The molecule has 2 aromatic rings. The van der Waals surface area contributed by atoms with Crippen molar-refractivity contribution >= 4 is 58.2 Å². The van der Waals surface area contributed by atoms with Crippen LogP contribution in [0.5, 0.6) is 0 Å². The van der Waals surface area contributed by atoms with Crippen molar-refractivity contribution in [3.63, 3.8) is 0 Å². The maximum absolute atomic E-state index is 13.1. The van der Waals surface area contributed by atoms with E-state index in [1.54, 1.807) is 23.1 Å². The van der Waals surface area contributed by atoms with Gasteiger partial charge in [0.1, 0.15) is 6.54 Å². The first-order valence-corrected chi connectivity index (χ1v) is 12.7. The van der Waals surface area contributed by atoms with Gasteiger partial charge in [-0.05, 0) is 38.1 Å². The molecule has 36 heavy (non-hydrogen) atoms.